The number of ether oxygens (including phenoxy) is 1. The fraction of sp³-hybridized carbons (Fsp3) is 0.375. The quantitative estimate of drug-likeness (QED) is 0.767. The van der Waals surface area contributed by atoms with Crippen molar-refractivity contribution < 1.29 is 14.6 Å². The van der Waals surface area contributed by atoms with Gasteiger partial charge in [0, 0.05) is 5.38 Å². The molecular weight excluding hydrogens is 300 g/mol. The summed E-state index contributed by atoms with van der Waals surface area (Å²) in [5.41, 5.74) is 4.08. The maximum absolute atomic E-state index is 10.6. The van der Waals surface area contributed by atoms with E-state index in [2.05, 4.69) is 36.3 Å². The fourth-order valence-corrected chi connectivity index (χ4v) is 2.82. The minimum Gasteiger partial charge on any atom is -0.491 e. The van der Waals surface area contributed by atoms with E-state index in [1.807, 2.05) is 6.92 Å². The monoisotopic (exact) mass is 320 g/mol. The van der Waals surface area contributed by atoms with E-state index in [9.17, 15) is 4.79 Å². The van der Waals surface area contributed by atoms with Crippen LogP contribution < -0.4 is 10.1 Å². The molecule has 0 aliphatic heterocycles. The average Bonchev–Trinajstić information content (AvgIpc) is 2.89. The first-order valence-electron chi connectivity index (χ1n) is 7.07. The van der Waals surface area contributed by atoms with Crippen LogP contribution in [0.1, 0.15) is 22.4 Å². The van der Waals surface area contributed by atoms with Crippen LogP contribution in [0.25, 0.3) is 0 Å². The van der Waals surface area contributed by atoms with Crippen LogP contribution in [0, 0.1) is 20.8 Å². The Balaban J connectivity index is 1.84. The van der Waals surface area contributed by atoms with Crippen LogP contribution in [-0.2, 0) is 11.2 Å². The van der Waals surface area contributed by atoms with Crippen molar-refractivity contribution in [1.82, 2.24) is 4.98 Å². The van der Waals surface area contributed by atoms with E-state index in [4.69, 9.17) is 9.84 Å². The predicted octanol–water partition coefficient (Wildman–Crippen LogP) is 3.19. The molecule has 5 nitrogen and oxygen atoms in total. The number of aliphatic carboxylic acids is 1. The number of hydrogen-bond acceptors (Lipinski definition) is 5. The summed E-state index contributed by atoms with van der Waals surface area (Å²) in [4.78, 5) is 14.8. The summed E-state index contributed by atoms with van der Waals surface area (Å²) in [6.07, 6.45) is -0.0453. The Hall–Kier alpha value is -2.08. The van der Waals surface area contributed by atoms with Crippen molar-refractivity contribution in [3.05, 3.63) is 39.9 Å². The molecule has 6 heteroatoms. The Morgan fingerprint density at radius 2 is 2.05 bits per heavy atom. The standard InChI is InChI=1S/C16H20N2O3S/c1-10-4-5-11(2)15(12(10)3)21-7-6-17-16-18-13(9-22-16)8-14(19)20/h4-5,9H,6-8H2,1-3H3,(H,17,18)(H,19,20). The van der Waals surface area contributed by atoms with Gasteiger partial charge in [-0.05, 0) is 37.5 Å². The highest BCUT2D eigenvalue weighted by molar-refractivity contribution is 7.13. The third-order valence-corrected chi connectivity index (χ3v) is 4.23. The number of hydrogen-bond donors (Lipinski definition) is 2. The van der Waals surface area contributed by atoms with Crippen molar-refractivity contribution in [3.8, 4) is 5.75 Å². The van der Waals surface area contributed by atoms with Gasteiger partial charge in [-0.15, -0.1) is 11.3 Å². The highest BCUT2D eigenvalue weighted by Gasteiger charge is 2.07. The van der Waals surface area contributed by atoms with Gasteiger partial charge in [-0.3, -0.25) is 4.79 Å². The Bertz CT molecular complexity index is 667. The highest BCUT2D eigenvalue weighted by Crippen LogP contribution is 2.25. The van der Waals surface area contributed by atoms with Gasteiger partial charge in [0.2, 0.25) is 0 Å². The van der Waals surface area contributed by atoms with Gasteiger partial charge in [-0.2, -0.15) is 0 Å². The van der Waals surface area contributed by atoms with Gasteiger partial charge >= 0.3 is 5.97 Å². The molecule has 1 aromatic heterocycles. The van der Waals surface area contributed by atoms with Crippen molar-refractivity contribution in [2.24, 2.45) is 0 Å². The zero-order valence-corrected chi connectivity index (χ0v) is 13.8. The van der Waals surface area contributed by atoms with Crippen LogP contribution in [0.4, 0.5) is 5.13 Å². The van der Waals surface area contributed by atoms with Crippen molar-refractivity contribution in [2.75, 3.05) is 18.5 Å². The highest BCUT2D eigenvalue weighted by atomic mass is 32.1. The summed E-state index contributed by atoms with van der Waals surface area (Å²) < 4.78 is 5.86. The van der Waals surface area contributed by atoms with Crippen LogP contribution in [0.2, 0.25) is 0 Å². The molecule has 0 amide bonds. The molecule has 0 aliphatic carbocycles. The first-order valence-corrected chi connectivity index (χ1v) is 7.95. The maximum Gasteiger partial charge on any atom is 0.309 e. The summed E-state index contributed by atoms with van der Waals surface area (Å²) >= 11 is 1.41. The number of aryl methyl sites for hydroxylation is 2. The lowest BCUT2D eigenvalue weighted by atomic mass is 10.1. The number of rotatable bonds is 7. The molecule has 0 saturated heterocycles. The molecule has 2 N–H and O–H groups in total. The van der Waals surface area contributed by atoms with E-state index in [1.165, 1.54) is 16.9 Å². The smallest absolute Gasteiger partial charge is 0.309 e. The number of benzene rings is 1. The zero-order valence-electron chi connectivity index (χ0n) is 13.0. The van der Waals surface area contributed by atoms with Crippen molar-refractivity contribution in [3.63, 3.8) is 0 Å². The number of aromatic nitrogens is 1. The summed E-state index contributed by atoms with van der Waals surface area (Å²) in [7, 11) is 0. The van der Waals surface area contributed by atoms with Crippen LogP contribution in [0.3, 0.4) is 0 Å². The third kappa shape index (κ3) is 4.21. The summed E-state index contributed by atoms with van der Waals surface area (Å²) in [6, 6.07) is 4.15. The normalized spacial score (nSPS) is 10.5. The summed E-state index contributed by atoms with van der Waals surface area (Å²) in [5.74, 6) is 0.0677. The van der Waals surface area contributed by atoms with E-state index >= 15 is 0 Å². The minimum absolute atomic E-state index is 0.0453. The lowest BCUT2D eigenvalue weighted by Gasteiger charge is -2.14. The largest absolute Gasteiger partial charge is 0.491 e. The molecular formula is C16H20N2O3S. The first kappa shape index (κ1) is 16.3. The molecule has 0 unspecified atom stereocenters. The number of carbonyl (C=O) groups is 1. The number of nitrogens with zero attached hydrogens (tertiary/aromatic N) is 1. The second-order valence-electron chi connectivity index (χ2n) is 5.14. The Morgan fingerprint density at radius 3 is 2.77 bits per heavy atom. The SMILES string of the molecule is Cc1ccc(C)c(OCCNc2nc(CC(=O)O)cs2)c1C. The fourth-order valence-electron chi connectivity index (χ4n) is 2.08. The number of carboxylic acids is 1. The van der Waals surface area contributed by atoms with Gasteiger partial charge < -0.3 is 15.2 Å². The second-order valence-corrected chi connectivity index (χ2v) is 6.00. The van der Waals surface area contributed by atoms with E-state index in [-0.39, 0.29) is 6.42 Å². The van der Waals surface area contributed by atoms with E-state index < -0.39 is 5.97 Å². The first-order chi connectivity index (χ1) is 10.5. The van der Waals surface area contributed by atoms with Gasteiger partial charge in [0.1, 0.15) is 12.4 Å². The Morgan fingerprint density at radius 1 is 1.32 bits per heavy atom. The molecule has 22 heavy (non-hydrogen) atoms. The molecule has 2 rings (SSSR count). The predicted molar refractivity (Wildman–Crippen MR) is 88.1 cm³/mol. The van der Waals surface area contributed by atoms with Crippen molar-refractivity contribution >= 4 is 22.4 Å². The second kappa shape index (κ2) is 7.26. The van der Waals surface area contributed by atoms with Crippen LogP contribution in [0.15, 0.2) is 17.5 Å². The van der Waals surface area contributed by atoms with Crippen LogP contribution in [-0.4, -0.2) is 29.2 Å². The molecule has 0 atom stereocenters. The Labute approximate surface area is 134 Å². The van der Waals surface area contributed by atoms with Gasteiger partial charge in [-0.1, -0.05) is 12.1 Å². The molecule has 2 aromatic rings. The van der Waals surface area contributed by atoms with E-state index in [0.29, 0.717) is 18.8 Å². The van der Waals surface area contributed by atoms with E-state index in [1.54, 1.807) is 5.38 Å². The van der Waals surface area contributed by atoms with Gasteiger partial charge in [0.05, 0.1) is 18.7 Å². The van der Waals surface area contributed by atoms with Crippen molar-refractivity contribution in [2.45, 2.75) is 27.2 Å². The molecule has 0 bridgehead atoms. The maximum atomic E-state index is 10.6. The van der Waals surface area contributed by atoms with Gasteiger partial charge in [0.25, 0.3) is 0 Å². The molecule has 0 aliphatic rings. The molecule has 118 valence electrons. The molecule has 1 aromatic carbocycles. The molecule has 0 radical (unpaired) electrons. The van der Waals surface area contributed by atoms with E-state index in [0.717, 1.165) is 22.0 Å². The molecule has 1 heterocycles. The zero-order chi connectivity index (χ0) is 16.1. The summed E-state index contributed by atoms with van der Waals surface area (Å²) in [6.45, 7) is 7.31. The lowest BCUT2D eigenvalue weighted by Crippen LogP contribution is -2.12. The number of anilines is 1. The Kier molecular flexibility index (Phi) is 5.38. The lowest BCUT2D eigenvalue weighted by molar-refractivity contribution is -0.136. The number of carboxylic acid groups (broad SMARTS) is 1. The summed E-state index contributed by atoms with van der Waals surface area (Å²) in [5, 5.41) is 14.3. The average molecular weight is 320 g/mol. The van der Waals surface area contributed by atoms with Gasteiger partial charge in [0.15, 0.2) is 5.13 Å². The molecule has 0 spiro atoms. The van der Waals surface area contributed by atoms with Crippen LogP contribution in [0.5, 0.6) is 5.75 Å². The van der Waals surface area contributed by atoms with Crippen molar-refractivity contribution in [1.29, 1.82) is 0 Å². The van der Waals surface area contributed by atoms with Crippen LogP contribution >= 0.6 is 11.3 Å². The molecule has 0 saturated carbocycles. The number of nitrogens with one attached hydrogen (secondary N) is 1. The minimum atomic E-state index is -0.870. The topological polar surface area (TPSA) is 71.5 Å². The third-order valence-electron chi connectivity index (χ3n) is 3.38. The van der Waals surface area contributed by atoms with Gasteiger partial charge in [-0.25, -0.2) is 4.98 Å². The number of thiazole rings is 1. The molecule has 0 fully saturated rings.